The van der Waals surface area contributed by atoms with Crippen molar-refractivity contribution in [2.75, 3.05) is 12.4 Å². The van der Waals surface area contributed by atoms with E-state index in [-0.39, 0.29) is 36.5 Å². The van der Waals surface area contributed by atoms with Gasteiger partial charge in [0.25, 0.3) is 5.56 Å². The van der Waals surface area contributed by atoms with E-state index in [1.54, 1.807) is 30.7 Å². The highest BCUT2D eigenvalue weighted by Crippen LogP contribution is 2.23. The van der Waals surface area contributed by atoms with E-state index < -0.39 is 29.2 Å². The summed E-state index contributed by atoms with van der Waals surface area (Å²) in [5.74, 6) is -1.00. The maximum Gasteiger partial charge on any atom is 0.332 e. The number of aromatic nitrogens is 4. The van der Waals surface area contributed by atoms with Gasteiger partial charge in [-0.3, -0.25) is 18.7 Å². The summed E-state index contributed by atoms with van der Waals surface area (Å²) in [5.41, 5.74) is 1.20. The summed E-state index contributed by atoms with van der Waals surface area (Å²) in [4.78, 5) is 55.7. The topological polar surface area (TPSA) is 117 Å². The van der Waals surface area contributed by atoms with Crippen LogP contribution in [-0.4, -0.2) is 49.0 Å². The lowest BCUT2D eigenvalue weighted by atomic mass is 10.1. The van der Waals surface area contributed by atoms with E-state index >= 15 is 0 Å². The van der Waals surface area contributed by atoms with Crippen molar-refractivity contribution in [2.24, 2.45) is 14.1 Å². The van der Waals surface area contributed by atoms with Crippen LogP contribution >= 0.6 is 23.4 Å². The van der Waals surface area contributed by atoms with Crippen LogP contribution in [-0.2, 0) is 41.4 Å². The maximum absolute atomic E-state index is 13.1. The molecule has 1 amide bonds. The molecule has 0 saturated carbocycles. The monoisotopic (exact) mass is 569 g/mol. The van der Waals surface area contributed by atoms with Gasteiger partial charge in [-0.15, -0.1) is 0 Å². The van der Waals surface area contributed by atoms with Crippen LogP contribution in [0.1, 0.15) is 18.1 Å². The number of fused-ring (bicyclic) bond motifs is 1. The third kappa shape index (κ3) is 6.43. The van der Waals surface area contributed by atoms with Crippen LogP contribution in [0.2, 0.25) is 5.02 Å². The van der Waals surface area contributed by atoms with Gasteiger partial charge in [-0.05, 0) is 30.2 Å². The number of nitrogens with one attached hydrogen (secondary N) is 1. The lowest BCUT2D eigenvalue weighted by Gasteiger charge is -2.17. The number of hydrogen-bond acceptors (Lipinski definition) is 7. The van der Waals surface area contributed by atoms with Gasteiger partial charge >= 0.3 is 11.7 Å². The number of thioether (sulfide) groups is 1. The number of imidazole rings is 1. The zero-order chi connectivity index (χ0) is 28.1. The van der Waals surface area contributed by atoms with Crippen LogP contribution in [0.4, 0.5) is 0 Å². The minimum absolute atomic E-state index is 0.0805. The molecule has 4 rings (SSSR count). The number of carbonyl (C=O) groups excluding carboxylic acids is 2. The fraction of sp³-hybridized carbons (Fsp3) is 0.296. The average molecular weight is 570 g/mol. The van der Waals surface area contributed by atoms with Gasteiger partial charge in [0.05, 0.1) is 18.9 Å². The SMILES string of the molecule is CCOC(=O)[C@@H](Cc1ccccc1)NC(=O)CSc1nc2c(c(=O)n(C)c(=O)n2C)n1Cc1ccc(Cl)cc1. The number of halogens is 1. The van der Waals surface area contributed by atoms with Crippen molar-refractivity contribution < 1.29 is 14.3 Å². The number of nitrogens with zero attached hydrogens (tertiary/aromatic N) is 4. The summed E-state index contributed by atoms with van der Waals surface area (Å²) in [5, 5.41) is 3.72. The normalized spacial score (nSPS) is 11.9. The Kier molecular flexibility index (Phi) is 8.93. The Labute approximate surface area is 233 Å². The van der Waals surface area contributed by atoms with Crippen molar-refractivity contribution in [3.63, 3.8) is 0 Å². The highest BCUT2D eigenvalue weighted by molar-refractivity contribution is 7.99. The number of esters is 1. The molecule has 1 N–H and O–H groups in total. The number of amides is 1. The Balaban J connectivity index is 1.61. The van der Waals surface area contributed by atoms with Gasteiger partial charge in [0.15, 0.2) is 16.3 Å². The third-order valence-corrected chi connectivity index (χ3v) is 7.32. The highest BCUT2D eigenvalue weighted by Gasteiger charge is 2.24. The van der Waals surface area contributed by atoms with E-state index in [4.69, 9.17) is 16.3 Å². The first-order valence-corrected chi connectivity index (χ1v) is 13.6. The third-order valence-electron chi connectivity index (χ3n) is 6.09. The van der Waals surface area contributed by atoms with Crippen molar-refractivity contribution in [2.45, 2.75) is 31.1 Å². The maximum atomic E-state index is 13.1. The van der Waals surface area contributed by atoms with Crippen LogP contribution in [0.5, 0.6) is 0 Å². The predicted octanol–water partition coefficient (Wildman–Crippen LogP) is 2.52. The molecule has 0 bridgehead atoms. The highest BCUT2D eigenvalue weighted by atomic mass is 35.5. The largest absolute Gasteiger partial charge is 0.464 e. The second-order valence-corrected chi connectivity index (χ2v) is 10.2. The Bertz CT molecular complexity index is 1610. The van der Waals surface area contributed by atoms with Crippen LogP contribution in [0.15, 0.2) is 69.3 Å². The van der Waals surface area contributed by atoms with Crippen LogP contribution in [0, 0.1) is 0 Å². The molecule has 0 spiro atoms. The first kappa shape index (κ1) is 28.2. The van der Waals surface area contributed by atoms with E-state index in [9.17, 15) is 19.2 Å². The second kappa shape index (κ2) is 12.4. The fourth-order valence-electron chi connectivity index (χ4n) is 4.11. The predicted molar refractivity (Wildman–Crippen MR) is 150 cm³/mol. The molecule has 0 saturated heterocycles. The molecule has 1 atom stereocenters. The van der Waals surface area contributed by atoms with Crippen molar-refractivity contribution >= 4 is 46.4 Å². The Morgan fingerprint density at radius 3 is 2.38 bits per heavy atom. The lowest BCUT2D eigenvalue weighted by Crippen LogP contribution is -2.44. The molecule has 12 heteroatoms. The van der Waals surface area contributed by atoms with E-state index in [1.807, 2.05) is 42.5 Å². The molecular formula is C27H28ClN5O5S. The number of ether oxygens (including phenoxy) is 1. The Morgan fingerprint density at radius 2 is 1.72 bits per heavy atom. The number of aryl methyl sites for hydroxylation is 1. The van der Waals surface area contributed by atoms with E-state index in [2.05, 4.69) is 10.3 Å². The van der Waals surface area contributed by atoms with Crippen molar-refractivity contribution in [1.29, 1.82) is 0 Å². The van der Waals surface area contributed by atoms with E-state index in [0.29, 0.717) is 10.2 Å². The van der Waals surface area contributed by atoms with Gasteiger partial charge in [0.2, 0.25) is 5.91 Å². The summed E-state index contributed by atoms with van der Waals surface area (Å²) in [6.07, 6.45) is 0.281. The lowest BCUT2D eigenvalue weighted by molar-refractivity contribution is -0.147. The first-order chi connectivity index (χ1) is 18.7. The van der Waals surface area contributed by atoms with Crippen molar-refractivity contribution in [3.8, 4) is 0 Å². The molecule has 0 aliphatic carbocycles. The molecule has 0 radical (unpaired) electrons. The van der Waals surface area contributed by atoms with E-state index in [1.165, 1.54) is 11.6 Å². The molecule has 2 aromatic carbocycles. The number of benzene rings is 2. The van der Waals surface area contributed by atoms with Crippen molar-refractivity contribution in [1.82, 2.24) is 24.0 Å². The molecule has 2 aromatic heterocycles. The number of rotatable bonds is 10. The molecule has 10 nitrogen and oxygen atoms in total. The van der Waals surface area contributed by atoms with Gasteiger partial charge in [0, 0.05) is 25.5 Å². The summed E-state index contributed by atoms with van der Waals surface area (Å²) >= 11 is 7.14. The second-order valence-electron chi connectivity index (χ2n) is 8.84. The molecule has 0 aliphatic rings. The summed E-state index contributed by atoms with van der Waals surface area (Å²) in [7, 11) is 2.95. The smallest absolute Gasteiger partial charge is 0.332 e. The zero-order valence-electron chi connectivity index (χ0n) is 21.7. The standard InChI is InChI=1S/C27H28ClN5O5S/c1-4-38-25(36)20(14-17-8-6-5-7-9-17)29-21(34)16-39-26-30-23-22(24(35)32(3)27(37)31(23)2)33(26)15-18-10-12-19(28)13-11-18/h5-13,20H,4,14-16H2,1-3H3,(H,29,34)/t20-/m1/s1. The quantitative estimate of drug-likeness (QED) is 0.230. The molecule has 4 aromatic rings. The van der Waals surface area contributed by atoms with Crippen LogP contribution in [0.25, 0.3) is 11.2 Å². The summed E-state index contributed by atoms with van der Waals surface area (Å²) in [6.45, 7) is 2.17. The minimum Gasteiger partial charge on any atom is -0.464 e. The van der Waals surface area contributed by atoms with Gasteiger partial charge in [0.1, 0.15) is 6.04 Å². The number of hydrogen-bond donors (Lipinski definition) is 1. The summed E-state index contributed by atoms with van der Waals surface area (Å²) in [6, 6.07) is 15.6. The summed E-state index contributed by atoms with van der Waals surface area (Å²) < 4.78 is 9.18. The average Bonchev–Trinajstić information content (AvgIpc) is 3.29. The van der Waals surface area contributed by atoms with E-state index in [0.717, 1.165) is 27.5 Å². The van der Waals surface area contributed by atoms with Crippen molar-refractivity contribution in [3.05, 3.63) is 91.6 Å². The number of carbonyl (C=O) groups is 2. The first-order valence-electron chi connectivity index (χ1n) is 12.2. The van der Waals surface area contributed by atoms with Gasteiger partial charge in [-0.2, -0.15) is 0 Å². The van der Waals surface area contributed by atoms with Crippen LogP contribution < -0.4 is 16.6 Å². The molecule has 0 unspecified atom stereocenters. The van der Waals surface area contributed by atoms with Gasteiger partial charge in [-0.25, -0.2) is 14.6 Å². The molecule has 0 fully saturated rings. The molecule has 39 heavy (non-hydrogen) atoms. The minimum atomic E-state index is -0.860. The van der Waals surface area contributed by atoms with Gasteiger partial charge < -0.3 is 14.6 Å². The molecule has 2 heterocycles. The Hall–Kier alpha value is -3.83. The fourth-order valence-corrected chi connectivity index (χ4v) is 5.04. The van der Waals surface area contributed by atoms with Crippen LogP contribution in [0.3, 0.4) is 0 Å². The molecular weight excluding hydrogens is 542 g/mol. The molecule has 204 valence electrons. The molecule has 0 aliphatic heterocycles. The zero-order valence-corrected chi connectivity index (χ0v) is 23.3. The Morgan fingerprint density at radius 1 is 1.03 bits per heavy atom. The van der Waals surface area contributed by atoms with Gasteiger partial charge in [-0.1, -0.05) is 65.8 Å².